The van der Waals surface area contributed by atoms with Gasteiger partial charge < -0.3 is 15.4 Å². The summed E-state index contributed by atoms with van der Waals surface area (Å²) in [5, 5.41) is 6.12. The number of hydrogen-bond donors (Lipinski definition) is 2. The average Bonchev–Trinajstić information content (AvgIpc) is 2.86. The Morgan fingerprint density at radius 2 is 2.16 bits per heavy atom. The Balaban J connectivity index is 0.00000324. The first kappa shape index (κ1) is 18.9. The normalized spacial score (nSPS) is 19.9. The Morgan fingerprint density at radius 1 is 1.42 bits per heavy atom. The molecule has 0 spiro atoms. The van der Waals surface area contributed by atoms with Crippen LogP contribution >= 0.6 is 24.0 Å². The van der Waals surface area contributed by atoms with Crippen molar-refractivity contribution in [2.45, 2.75) is 25.9 Å². The molecule has 2 N–H and O–H groups in total. The van der Waals surface area contributed by atoms with Gasteiger partial charge in [0.05, 0.1) is 11.9 Å². The number of guanidine groups is 1. The van der Waals surface area contributed by atoms with Crippen LogP contribution in [-0.4, -0.2) is 58.7 Å². The Morgan fingerprint density at radius 3 is 2.68 bits per heavy atom. The van der Waals surface area contributed by atoms with E-state index in [2.05, 4.69) is 15.6 Å². The lowest BCUT2D eigenvalue weighted by atomic mass is 10.2. The van der Waals surface area contributed by atoms with E-state index in [-0.39, 0.29) is 41.6 Å². The number of nitrogens with zero attached hydrogens (tertiary/aromatic N) is 1. The van der Waals surface area contributed by atoms with Gasteiger partial charge >= 0.3 is 0 Å². The summed E-state index contributed by atoms with van der Waals surface area (Å²) in [5.41, 5.74) is 0. The number of rotatable bonds is 6. The van der Waals surface area contributed by atoms with Crippen molar-refractivity contribution < 1.29 is 13.2 Å². The number of hydrogen-bond acceptors (Lipinski definition) is 4. The molecule has 1 aliphatic rings. The van der Waals surface area contributed by atoms with Gasteiger partial charge in [-0.15, -0.1) is 24.0 Å². The zero-order valence-corrected chi connectivity index (χ0v) is 14.7. The lowest BCUT2D eigenvalue weighted by molar-refractivity contribution is 0.114. The molecule has 1 fully saturated rings. The fourth-order valence-electron chi connectivity index (χ4n) is 1.71. The summed E-state index contributed by atoms with van der Waals surface area (Å²) in [4.78, 5) is 4.04. The first-order valence-electron chi connectivity index (χ1n) is 6.34. The minimum Gasteiger partial charge on any atom is -0.376 e. The number of ether oxygens (including phenoxy) is 1. The van der Waals surface area contributed by atoms with E-state index in [0.717, 1.165) is 19.4 Å². The van der Waals surface area contributed by atoms with E-state index in [1.807, 2.05) is 0 Å². The summed E-state index contributed by atoms with van der Waals surface area (Å²) in [6, 6.07) is 0. The summed E-state index contributed by atoms with van der Waals surface area (Å²) in [5.74, 6) is 0.928. The van der Waals surface area contributed by atoms with Crippen LogP contribution < -0.4 is 10.6 Å². The van der Waals surface area contributed by atoms with Crippen LogP contribution in [0.15, 0.2) is 4.99 Å². The molecule has 0 saturated carbocycles. The highest BCUT2D eigenvalue weighted by Gasteiger charge is 2.15. The van der Waals surface area contributed by atoms with E-state index in [0.29, 0.717) is 19.0 Å². The van der Waals surface area contributed by atoms with Gasteiger partial charge in [0.2, 0.25) is 0 Å². The molecule has 1 rings (SSSR count). The zero-order valence-electron chi connectivity index (χ0n) is 11.5. The van der Waals surface area contributed by atoms with Gasteiger partial charge in [0.15, 0.2) is 15.8 Å². The Bertz CT molecular complexity index is 367. The monoisotopic (exact) mass is 405 g/mol. The fraction of sp³-hybridized carbons (Fsp3) is 0.909. The van der Waals surface area contributed by atoms with Crippen molar-refractivity contribution in [3.8, 4) is 0 Å². The average molecular weight is 405 g/mol. The van der Waals surface area contributed by atoms with Gasteiger partial charge in [0, 0.05) is 32.5 Å². The second kappa shape index (κ2) is 9.76. The quantitative estimate of drug-likeness (QED) is 0.380. The summed E-state index contributed by atoms with van der Waals surface area (Å²) < 4.78 is 28.1. The predicted molar refractivity (Wildman–Crippen MR) is 88.1 cm³/mol. The highest BCUT2D eigenvalue weighted by Crippen LogP contribution is 2.10. The third kappa shape index (κ3) is 7.93. The first-order chi connectivity index (χ1) is 8.57. The number of sulfone groups is 1. The maximum atomic E-state index is 11.3. The van der Waals surface area contributed by atoms with Gasteiger partial charge in [-0.05, 0) is 12.8 Å². The lowest BCUT2D eigenvalue weighted by Crippen LogP contribution is -2.42. The van der Waals surface area contributed by atoms with E-state index in [9.17, 15) is 8.42 Å². The molecule has 19 heavy (non-hydrogen) atoms. The predicted octanol–water partition coefficient (Wildman–Crippen LogP) is 0.383. The molecule has 0 aromatic rings. The molecular formula is C11H24IN3O3S. The Labute approximate surface area is 132 Å². The first-order valence-corrected chi connectivity index (χ1v) is 8.16. The van der Waals surface area contributed by atoms with Crippen molar-refractivity contribution in [3.05, 3.63) is 0 Å². The van der Waals surface area contributed by atoms with Crippen LogP contribution in [0.4, 0.5) is 0 Å². The fourth-order valence-corrected chi connectivity index (χ4v) is 2.41. The van der Waals surface area contributed by atoms with Crippen LogP contribution in [0.5, 0.6) is 0 Å². The van der Waals surface area contributed by atoms with Gasteiger partial charge in [-0.3, -0.25) is 4.99 Å². The minimum absolute atomic E-state index is 0. The van der Waals surface area contributed by atoms with Crippen LogP contribution in [0.2, 0.25) is 0 Å². The van der Waals surface area contributed by atoms with Crippen molar-refractivity contribution in [3.63, 3.8) is 0 Å². The second-order valence-electron chi connectivity index (χ2n) is 4.25. The van der Waals surface area contributed by atoms with E-state index < -0.39 is 9.84 Å². The van der Waals surface area contributed by atoms with Gasteiger partial charge in [0.25, 0.3) is 0 Å². The SMILES string of the molecule is CCS(=O)(=O)CCNC(=NC)NCC1CCCO1.I. The van der Waals surface area contributed by atoms with Crippen molar-refractivity contribution >= 4 is 39.8 Å². The molecule has 0 aliphatic carbocycles. The van der Waals surface area contributed by atoms with Gasteiger partial charge in [-0.25, -0.2) is 8.42 Å². The number of halogens is 1. The molecule has 1 saturated heterocycles. The molecular weight excluding hydrogens is 381 g/mol. The highest BCUT2D eigenvalue weighted by molar-refractivity contribution is 14.0. The molecule has 1 atom stereocenters. The molecule has 1 heterocycles. The summed E-state index contributed by atoms with van der Waals surface area (Å²) in [6.07, 6.45) is 2.41. The highest BCUT2D eigenvalue weighted by atomic mass is 127. The standard InChI is InChI=1S/C11H23N3O3S.HI/c1-3-18(15,16)8-6-13-11(12-2)14-9-10-5-4-7-17-10;/h10H,3-9H2,1-2H3,(H2,12,13,14);1H. The third-order valence-electron chi connectivity index (χ3n) is 2.89. The summed E-state index contributed by atoms with van der Waals surface area (Å²) >= 11 is 0. The molecule has 0 aromatic heterocycles. The van der Waals surface area contributed by atoms with Gasteiger partial charge in [-0.1, -0.05) is 6.92 Å². The van der Waals surface area contributed by atoms with Crippen molar-refractivity contribution in [2.24, 2.45) is 4.99 Å². The minimum atomic E-state index is -2.92. The molecule has 0 radical (unpaired) electrons. The maximum absolute atomic E-state index is 11.3. The van der Waals surface area contributed by atoms with Crippen LogP contribution in [0.3, 0.4) is 0 Å². The molecule has 1 aliphatic heterocycles. The second-order valence-corrected chi connectivity index (χ2v) is 6.72. The molecule has 8 heteroatoms. The smallest absolute Gasteiger partial charge is 0.191 e. The molecule has 114 valence electrons. The number of nitrogens with one attached hydrogen (secondary N) is 2. The van der Waals surface area contributed by atoms with E-state index in [1.165, 1.54) is 0 Å². The molecule has 0 aromatic carbocycles. The lowest BCUT2D eigenvalue weighted by Gasteiger charge is -2.14. The Hall–Kier alpha value is -0.0900. The third-order valence-corrected chi connectivity index (χ3v) is 4.60. The maximum Gasteiger partial charge on any atom is 0.191 e. The Kier molecular flexibility index (Phi) is 9.71. The van der Waals surface area contributed by atoms with E-state index >= 15 is 0 Å². The number of aliphatic imine (C=N–C) groups is 1. The van der Waals surface area contributed by atoms with Crippen LogP contribution in [0.1, 0.15) is 19.8 Å². The molecule has 6 nitrogen and oxygen atoms in total. The molecule has 1 unspecified atom stereocenters. The van der Waals surface area contributed by atoms with Gasteiger partial charge in [0.1, 0.15) is 0 Å². The summed E-state index contributed by atoms with van der Waals surface area (Å²) in [6.45, 7) is 3.56. The molecule has 0 bridgehead atoms. The largest absolute Gasteiger partial charge is 0.376 e. The zero-order chi connectivity index (χ0) is 13.4. The van der Waals surface area contributed by atoms with E-state index in [4.69, 9.17) is 4.74 Å². The van der Waals surface area contributed by atoms with Crippen LogP contribution in [0.25, 0.3) is 0 Å². The molecule has 0 amide bonds. The van der Waals surface area contributed by atoms with Gasteiger partial charge in [-0.2, -0.15) is 0 Å². The topological polar surface area (TPSA) is 79.8 Å². The van der Waals surface area contributed by atoms with Crippen molar-refractivity contribution in [2.75, 3.05) is 38.2 Å². The van der Waals surface area contributed by atoms with E-state index in [1.54, 1.807) is 14.0 Å². The van der Waals surface area contributed by atoms with Crippen LogP contribution in [0, 0.1) is 0 Å². The summed E-state index contributed by atoms with van der Waals surface area (Å²) in [7, 11) is -1.26. The van der Waals surface area contributed by atoms with Crippen molar-refractivity contribution in [1.29, 1.82) is 0 Å². The van der Waals surface area contributed by atoms with Crippen LogP contribution in [-0.2, 0) is 14.6 Å². The van der Waals surface area contributed by atoms with Crippen molar-refractivity contribution in [1.82, 2.24) is 10.6 Å².